The highest BCUT2D eigenvalue weighted by Gasteiger charge is 2.39. The van der Waals surface area contributed by atoms with Crippen molar-refractivity contribution >= 4 is 40.1 Å². The van der Waals surface area contributed by atoms with Crippen LogP contribution in [0.25, 0.3) is 5.57 Å². The van der Waals surface area contributed by atoms with Crippen molar-refractivity contribution in [2.75, 3.05) is 11.4 Å². The molecule has 1 N–H and O–H groups in total. The number of imide groups is 1. The quantitative estimate of drug-likeness (QED) is 0.631. The summed E-state index contributed by atoms with van der Waals surface area (Å²) in [5.41, 5.74) is 1.92. The Bertz CT molecular complexity index is 727. The Morgan fingerprint density at radius 2 is 1.79 bits per heavy atom. The molecule has 3 amide bonds. The van der Waals surface area contributed by atoms with Gasteiger partial charge in [0.15, 0.2) is 0 Å². The molecule has 2 aliphatic heterocycles. The topological polar surface area (TPSA) is 66.5 Å². The smallest absolute Gasteiger partial charge is 0.290 e. The fraction of sp³-hybridized carbons (Fsp3) is 0.389. The first-order chi connectivity index (χ1) is 11.6. The maximum atomic E-state index is 12.9. The van der Waals surface area contributed by atoms with E-state index in [0.29, 0.717) is 12.1 Å². The van der Waals surface area contributed by atoms with Gasteiger partial charge < -0.3 is 4.90 Å². The highest BCUT2D eigenvalue weighted by molar-refractivity contribution is 8.18. The van der Waals surface area contributed by atoms with E-state index in [0.717, 1.165) is 35.9 Å². The van der Waals surface area contributed by atoms with Gasteiger partial charge in [-0.25, -0.2) is 0 Å². The van der Waals surface area contributed by atoms with E-state index in [-0.39, 0.29) is 10.8 Å². The van der Waals surface area contributed by atoms with Gasteiger partial charge in [-0.05, 0) is 24.2 Å². The summed E-state index contributed by atoms with van der Waals surface area (Å²) in [4.78, 5) is 38.3. The van der Waals surface area contributed by atoms with E-state index in [2.05, 4.69) is 12.2 Å². The number of carbonyl (C=O) groups excluding carboxylic acids is 3. The number of nitrogens with zero attached hydrogens (tertiary/aromatic N) is 1. The number of amides is 3. The van der Waals surface area contributed by atoms with Crippen LogP contribution in [-0.2, 0) is 9.59 Å². The van der Waals surface area contributed by atoms with Gasteiger partial charge in [0, 0.05) is 12.1 Å². The van der Waals surface area contributed by atoms with Gasteiger partial charge in [0.1, 0.15) is 0 Å². The lowest BCUT2D eigenvalue weighted by Gasteiger charge is -2.16. The Kier molecular flexibility index (Phi) is 5.04. The van der Waals surface area contributed by atoms with Crippen molar-refractivity contribution in [3.8, 4) is 0 Å². The SMILES string of the molecule is CCCCCCCN1C(=O)/C(=C2\SC(=O)NC2=O)c2ccccc21. The predicted molar refractivity (Wildman–Crippen MR) is 95.6 cm³/mol. The third-order valence-corrected chi connectivity index (χ3v) is 5.13. The fourth-order valence-electron chi connectivity index (χ4n) is 3.07. The van der Waals surface area contributed by atoms with Crippen LogP contribution in [0.2, 0.25) is 0 Å². The zero-order valence-corrected chi connectivity index (χ0v) is 14.4. The van der Waals surface area contributed by atoms with E-state index in [1.807, 2.05) is 24.3 Å². The average Bonchev–Trinajstić information content (AvgIpc) is 3.03. The minimum Gasteiger partial charge on any atom is -0.308 e. The second-order valence-corrected chi connectivity index (χ2v) is 6.92. The number of thioether (sulfide) groups is 1. The number of nitrogens with one attached hydrogen (secondary N) is 1. The van der Waals surface area contributed by atoms with Gasteiger partial charge in [-0.1, -0.05) is 50.8 Å². The average molecular weight is 344 g/mol. The van der Waals surface area contributed by atoms with Crippen molar-refractivity contribution in [3.05, 3.63) is 34.7 Å². The summed E-state index contributed by atoms with van der Waals surface area (Å²) in [6.07, 6.45) is 5.57. The van der Waals surface area contributed by atoms with Gasteiger partial charge in [0.05, 0.1) is 16.2 Å². The van der Waals surface area contributed by atoms with Gasteiger partial charge in [0.2, 0.25) is 0 Å². The summed E-state index contributed by atoms with van der Waals surface area (Å²) in [5.74, 6) is -0.660. The van der Waals surface area contributed by atoms with E-state index < -0.39 is 11.1 Å². The Morgan fingerprint density at radius 1 is 1.04 bits per heavy atom. The number of carbonyl (C=O) groups is 3. The molecular weight excluding hydrogens is 324 g/mol. The predicted octanol–water partition coefficient (Wildman–Crippen LogP) is 3.70. The molecule has 0 bridgehead atoms. The number of fused-ring (bicyclic) bond motifs is 1. The molecule has 3 rings (SSSR count). The second kappa shape index (κ2) is 7.21. The van der Waals surface area contributed by atoms with Crippen LogP contribution in [0.3, 0.4) is 0 Å². The number of para-hydroxylation sites is 1. The van der Waals surface area contributed by atoms with Crippen LogP contribution in [0.5, 0.6) is 0 Å². The molecule has 6 heteroatoms. The Balaban J connectivity index is 1.86. The van der Waals surface area contributed by atoms with Crippen molar-refractivity contribution in [2.24, 2.45) is 0 Å². The molecule has 1 fully saturated rings. The van der Waals surface area contributed by atoms with E-state index in [4.69, 9.17) is 0 Å². The number of anilines is 1. The van der Waals surface area contributed by atoms with E-state index >= 15 is 0 Å². The standard InChI is InChI=1S/C18H20N2O3S/c1-2-3-4-5-8-11-20-13-10-7-6-9-12(13)14(17(20)22)15-16(21)19-18(23)24-15/h6-7,9-10H,2-5,8,11H2,1H3,(H,19,21,23)/b15-14-. The first-order valence-corrected chi connectivity index (χ1v) is 9.14. The molecule has 1 aromatic rings. The molecule has 126 valence electrons. The van der Waals surface area contributed by atoms with Crippen LogP contribution in [0.15, 0.2) is 29.2 Å². The molecule has 0 unspecified atom stereocenters. The Labute approximate surface area is 145 Å². The number of benzene rings is 1. The maximum absolute atomic E-state index is 12.9. The third kappa shape index (κ3) is 3.11. The minimum atomic E-state index is -0.479. The van der Waals surface area contributed by atoms with Crippen molar-refractivity contribution in [1.29, 1.82) is 0 Å². The lowest BCUT2D eigenvalue weighted by Crippen LogP contribution is -2.28. The number of rotatable bonds is 6. The summed E-state index contributed by atoms with van der Waals surface area (Å²) in [7, 11) is 0. The summed E-state index contributed by atoms with van der Waals surface area (Å²) in [6.45, 7) is 2.81. The van der Waals surface area contributed by atoms with E-state index in [1.165, 1.54) is 19.3 Å². The molecule has 2 heterocycles. The molecule has 0 saturated carbocycles. The van der Waals surface area contributed by atoms with Crippen LogP contribution < -0.4 is 10.2 Å². The van der Waals surface area contributed by atoms with Gasteiger partial charge in [0.25, 0.3) is 17.1 Å². The second-order valence-electron chi connectivity index (χ2n) is 5.94. The fourth-order valence-corrected chi connectivity index (χ4v) is 3.85. The lowest BCUT2D eigenvalue weighted by atomic mass is 10.1. The largest absolute Gasteiger partial charge is 0.308 e. The van der Waals surface area contributed by atoms with Crippen LogP contribution in [-0.4, -0.2) is 23.6 Å². The van der Waals surface area contributed by atoms with Crippen molar-refractivity contribution in [2.45, 2.75) is 39.0 Å². The first-order valence-electron chi connectivity index (χ1n) is 8.32. The summed E-state index contributed by atoms with van der Waals surface area (Å²) >= 11 is 0.808. The normalized spacial score (nSPS) is 19.9. The van der Waals surface area contributed by atoms with Crippen LogP contribution >= 0.6 is 11.8 Å². The summed E-state index contributed by atoms with van der Waals surface area (Å²) < 4.78 is 0. The first kappa shape index (κ1) is 16.8. The van der Waals surface area contributed by atoms with Gasteiger partial charge in [-0.2, -0.15) is 0 Å². The number of hydrogen-bond acceptors (Lipinski definition) is 4. The molecule has 5 nitrogen and oxygen atoms in total. The molecule has 0 aromatic heterocycles. The zero-order valence-electron chi connectivity index (χ0n) is 13.6. The van der Waals surface area contributed by atoms with Gasteiger partial charge in [-0.3, -0.25) is 19.7 Å². The van der Waals surface area contributed by atoms with Crippen LogP contribution in [0.4, 0.5) is 10.5 Å². The molecule has 0 radical (unpaired) electrons. The minimum absolute atomic E-state index is 0.181. The van der Waals surface area contributed by atoms with Crippen molar-refractivity contribution < 1.29 is 14.4 Å². The van der Waals surface area contributed by atoms with E-state index in [1.54, 1.807) is 4.90 Å². The number of unbranched alkanes of at least 4 members (excludes halogenated alkanes) is 4. The molecular formula is C18H20N2O3S. The lowest BCUT2D eigenvalue weighted by molar-refractivity contribution is -0.116. The molecule has 2 aliphatic rings. The zero-order chi connectivity index (χ0) is 17.1. The van der Waals surface area contributed by atoms with E-state index in [9.17, 15) is 14.4 Å². The molecule has 0 aliphatic carbocycles. The molecule has 0 spiro atoms. The molecule has 1 aromatic carbocycles. The molecule has 1 saturated heterocycles. The maximum Gasteiger partial charge on any atom is 0.290 e. The van der Waals surface area contributed by atoms with Crippen LogP contribution in [0, 0.1) is 0 Å². The van der Waals surface area contributed by atoms with Crippen LogP contribution in [0.1, 0.15) is 44.6 Å². The Hall–Kier alpha value is -2.08. The monoisotopic (exact) mass is 344 g/mol. The summed E-state index contributed by atoms with van der Waals surface area (Å²) in [6, 6.07) is 7.46. The number of hydrogen-bond donors (Lipinski definition) is 1. The van der Waals surface area contributed by atoms with Crippen molar-refractivity contribution in [3.63, 3.8) is 0 Å². The van der Waals surface area contributed by atoms with Gasteiger partial charge >= 0.3 is 0 Å². The third-order valence-electron chi connectivity index (χ3n) is 4.25. The molecule has 24 heavy (non-hydrogen) atoms. The van der Waals surface area contributed by atoms with Gasteiger partial charge in [-0.15, -0.1) is 0 Å². The van der Waals surface area contributed by atoms with Crippen molar-refractivity contribution in [1.82, 2.24) is 5.32 Å². The molecule has 0 atom stereocenters. The summed E-state index contributed by atoms with van der Waals surface area (Å²) in [5, 5.41) is 1.81. The Morgan fingerprint density at radius 3 is 2.50 bits per heavy atom. The highest BCUT2D eigenvalue weighted by Crippen LogP contribution is 2.42. The highest BCUT2D eigenvalue weighted by atomic mass is 32.2.